The van der Waals surface area contributed by atoms with Crippen molar-refractivity contribution in [1.29, 1.82) is 0 Å². The Kier molecular flexibility index (Phi) is 3.16. The Morgan fingerprint density at radius 1 is 1.21 bits per heavy atom. The topological polar surface area (TPSA) is 12.0 Å². The Morgan fingerprint density at radius 3 is 2.57 bits per heavy atom. The van der Waals surface area contributed by atoms with Crippen LogP contribution in [-0.4, -0.2) is 12.6 Å². The molecule has 82 valence electrons. The Balaban J connectivity index is 1.59. The molecular weight excluding hydrogens is 170 g/mol. The molecule has 0 aliphatic heterocycles. The zero-order valence-corrected chi connectivity index (χ0v) is 9.81. The summed E-state index contributed by atoms with van der Waals surface area (Å²) in [5.74, 6) is 1.10. The zero-order valence-electron chi connectivity index (χ0n) is 9.81. The van der Waals surface area contributed by atoms with Crippen LogP contribution in [0.4, 0.5) is 0 Å². The molecule has 0 heterocycles. The maximum Gasteiger partial charge on any atom is 0.0118 e. The van der Waals surface area contributed by atoms with Crippen molar-refractivity contribution in [3.05, 3.63) is 0 Å². The van der Waals surface area contributed by atoms with Crippen molar-refractivity contribution in [3.63, 3.8) is 0 Å². The van der Waals surface area contributed by atoms with Gasteiger partial charge in [-0.05, 0) is 43.6 Å². The molecule has 0 bridgehead atoms. The molecule has 0 saturated heterocycles. The summed E-state index contributed by atoms with van der Waals surface area (Å²) < 4.78 is 0. The molecule has 2 saturated carbocycles. The number of hydrogen-bond acceptors (Lipinski definition) is 1. The fourth-order valence-electron chi connectivity index (χ4n) is 2.78. The van der Waals surface area contributed by atoms with Crippen molar-refractivity contribution >= 4 is 0 Å². The smallest absolute Gasteiger partial charge is 0.0118 e. The van der Waals surface area contributed by atoms with Crippen LogP contribution in [0.15, 0.2) is 0 Å². The van der Waals surface area contributed by atoms with Gasteiger partial charge in [-0.25, -0.2) is 0 Å². The van der Waals surface area contributed by atoms with Gasteiger partial charge in [0.15, 0.2) is 0 Å². The summed E-state index contributed by atoms with van der Waals surface area (Å²) in [7, 11) is 0. The molecule has 0 aromatic rings. The van der Waals surface area contributed by atoms with E-state index < -0.39 is 0 Å². The molecule has 0 radical (unpaired) electrons. The third-order valence-electron chi connectivity index (χ3n) is 4.13. The summed E-state index contributed by atoms with van der Waals surface area (Å²) in [5, 5.41) is 3.76. The Hall–Kier alpha value is -0.0400. The second-order valence-corrected chi connectivity index (χ2v) is 5.97. The van der Waals surface area contributed by atoms with Gasteiger partial charge in [0.25, 0.3) is 0 Å². The molecule has 0 aromatic heterocycles. The van der Waals surface area contributed by atoms with Crippen molar-refractivity contribution in [3.8, 4) is 0 Å². The molecule has 1 heteroatoms. The van der Waals surface area contributed by atoms with E-state index in [4.69, 9.17) is 0 Å². The maximum absolute atomic E-state index is 3.76. The number of nitrogens with one attached hydrogen (secondary N) is 1. The highest BCUT2D eigenvalue weighted by atomic mass is 14.9. The van der Waals surface area contributed by atoms with Crippen molar-refractivity contribution in [2.45, 2.75) is 64.8 Å². The minimum absolute atomic E-state index is 0.555. The fraction of sp³-hybridized carbons (Fsp3) is 1.00. The predicted octanol–water partition coefficient (Wildman–Crippen LogP) is 3.34. The second-order valence-electron chi connectivity index (χ2n) is 5.97. The lowest BCUT2D eigenvalue weighted by atomic mass is 9.87. The largest absolute Gasteiger partial charge is 0.313 e. The van der Waals surface area contributed by atoms with Crippen LogP contribution in [0, 0.1) is 11.3 Å². The quantitative estimate of drug-likeness (QED) is 0.663. The molecule has 1 N–H and O–H groups in total. The maximum atomic E-state index is 3.76. The molecule has 2 rings (SSSR count). The molecule has 0 aromatic carbocycles. The van der Waals surface area contributed by atoms with E-state index in [0.29, 0.717) is 5.41 Å². The summed E-state index contributed by atoms with van der Waals surface area (Å²) in [4.78, 5) is 0. The first-order chi connectivity index (χ1) is 6.68. The summed E-state index contributed by atoms with van der Waals surface area (Å²) in [6, 6.07) is 0.793. The van der Waals surface area contributed by atoms with Gasteiger partial charge >= 0.3 is 0 Å². The summed E-state index contributed by atoms with van der Waals surface area (Å²) >= 11 is 0. The van der Waals surface area contributed by atoms with E-state index in [-0.39, 0.29) is 0 Å². The first kappa shape index (κ1) is 10.5. The average Bonchev–Trinajstić information content (AvgIpc) is 2.87. The third-order valence-corrected chi connectivity index (χ3v) is 4.13. The molecule has 1 nitrogen and oxygen atoms in total. The molecule has 2 aliphatic carbocycles. The lowest BCUT2D eigenvalue weighted by molar-refractivity contribution is 0.282. The first-order valence-corrected chi connectivity index (χ1v) is 6.42. The van der Waals surface area contributed by atoms with Gasteiger partial charge in [-0.2, -0.15) is 0 Å². The fourth-order valence-corrected chi connectivity index (χ4v) is 2.78. The molecule has 14 heavy (non-hydrogen) atoms. The normalized spacial score (nSPS) is 30.9. The number of hydrogen-bond donors (Lipinski definition) is 1. The van der Waals surface area contributed by atoms with Crippen molar-refractivity contribution in [2.24, 2.45) is 11.3 Å². The van der Waals surface area contributed by atoms with Crippen LogP contribution >= 0.6 is 0 Å². The van der Waals surface area contributed by atoms with E-state index in [1.807, 2.05) is 0 Å². The highest BCUT2D eigenvalue weighted by Gasteiger charge is 2.33. The second kappa shape index (κ2) is 4.22. The van der Waals surface area contributed by atoms with Crippen molar-refractivity contribution in [1.82, 2.24) is 5.32 Å². The third kappa shape index (κ3) is 2.73. The van der Waals surface area contributed by atoms with Gasteiger partial charge in [0.05, 0.1) is 0 Å². The van der Waals surface area contributed by atoms with Crippen molar-refractivity contribution in [2.75, 3.05) is 6.54 Å². The minimum atomic E-state index is 0.555. The first-order valence-electron chi connectivity index (χ1n) is 6.42. The van der Waals surface area contributed by atoms with E-state index in [1.165, 1.54) is 51.5 Å². The Morgan fingerprint density at radius 2 is 2.00 bits per heavy atom. The molecule has 1 atom stereocenters. The SMILES string of the molecule is CC1(C)CCCC1NCCCC1CC1. The van der Waals surface area contributed by atoms with Crippen LogP contribution in [0.25, 0.3) is 0 Å². The highest BCUT2D eigenvalue weighted by molar-refractivity contribution is 4.90. The zero-order chi connectivity index (χ0) is 10.0. The van der Waals surface area contributed by atoms with Gasteiger partial charge in [0, 0.05) is 6.04 Å². The lowest BCUT2D eigenvalue weighted by Gasteiger charge is -2.28. The minimum Gasteiger partial charge on any atom is -0.313 e. The van der Waals surface area contributed by atoms with Gasteiger partial charge in [-0.1, -0.05) is 33.1 Å². The monoisotopic (exact) mass is 195 g/mol. The predicted molar refractivity (Wildman–Crippen MR) is 61.4 cm³/mol. The van der Waals surface area contributed by atoms with E-state index in [0.717, 1.165) is 12.0 Å². The van der Waals surface area contributed by atoms with E-state index >= 15 is 0 Å². The van der Waals surface area contributed by atoms with E-state index in [1.54, 1.807) is 0 Å². The summed E-state index contributed by atoms with van der Waals surface area (Å²) in [6.07, 6.45) is 10.1. The summed E-state index contributed by atoms with van der Waals surface area (Å²) in [6.45, 7) is 6.09. The molecule has 1 unspecified atom stereocenters. The van der Waals surface area contributed by atoms with Crippen LogP contribution in [0.5, 0.6) is 0 Å². The van der Waals surface area contributed by atoms with Gasteiger partial charge in [0.2, 0.25) is 0 Å². The Labute approximate surface area is 88.7 Å². The van der Waals surface area contributed by atoms with Crippen LogP contribution in [0.1, 0.15) is 58.8 Å². The molecule has 2 fully saturated rings. The van der Waals surface area contributed by atoms with Crippen molar-refractivity contribution < 1.29 is 0 Å². The number of rotatable bonds is 5. The summed E-state index contributed by atoms with van der Waals surface area (Å²) in [5.41, 5.74) is 0.555. The van der Waals surface area contributed by atoms with Crippen LogP contribution in [0.2, 0.25) is 0 Å². The van der Waals surface area contributed by atoms with Gasteiger partial charge in [0.1, 0.15) is 0 Å². The highest BCUT2D eigenvalue weighted by Crippen LogP contribution is 2.37. The van der Waals surface area contributed by atoms with Gasteiger partial charge < -0.3 is 5.32 Å². The van der Waals surface area contributed by atoms with E-state index in [9.17, 15) is 0 Å². The average molecular weight is 195 g/mol. The molecule has 0 spiro atoms. The van der Waals surface area contributed by atoms with Crippen LogP contribution in [-0.2, 0) is 0 Å². The van der Waals surface area contributed by atoms with Crippen LogP contribution < -0.4 is 5.32 Å². The van der Waals surface area contributed by atoms with Crippen LogP contribution in [0.3, 0.4) is 0 Å². The van der Waals surface area contributed by atoms with Gasteiger partial charge in [-0.3, -0.25) is 0 Å². The Bertz CT molecular complexity index is 182. The lowest BCUT2D eigenvalue weighted by Crippen LogP contribution is -2.38. The standard InChI is InChI=1S/C13H25N/c1-13(2)9-3-6-12(13)14-10-4-5-11-7-8-11/h11-12,14H,3-10H2,1-2H3. The van der Waals surface area contributed by atoms with Gasteiger partial charge in [-0.15, -0.1) is 0 Å². The molecular formula is C13H25N. The molecule has 0 amide bonds. The van der Waals surface area contributed by atoms with E-state index in [2.05, 4.69) is 19.2 Å². The molecule has 2 aliphatic rings.